The van der Waals surface area contributed by atoms with Gasteiger partial charge in [-0.15, -0.1) is 0 Å². The van der Waals surface area contributed by atoms with Gasteiger partial charge in [0.1, 0.15) is 5.75 Å². The molecule has 0 fully saturated rings. The van der Waals surface area contributed by atoms with Crippen molar-refractivity contribution in [3.63, 3.8) is 0 Å². The Kier molecular flexibility index (Phi) is 6.40. The van der Waals surface area contributed by atoms with Gasteiger partial charge >= 0.3 is 5.97 Å². The van der Waals surface area contributed by atoms with E-state index in [9.17, 15) is 9.59 Å². The van der Waals surface area contributed by atoms with E-state index in [0.29, 0.717) is 12.3 Å². The molecule has 1 rings (SSSR count). The van der Waals surface area contributed by atoms with Crippen LogP contribution < -0.4 is 10.1 Å². The first-order chi connectivity index (χ1) is 10.3. The van der Waals surface area contributed by atoms with Gasteiger partial charge in [-0.1, -0.05) is 39.0 Å². The molecule has 0 unspecified atom stereocenters. The quantitative estimate of drug-likeness (QED) is 0.820. The smallest absolute Gasteiger partial charge is 0.344 e. The van der Waals surface area contributed by atoms with E-state index in [1.807, 2.05) is 24.3 Å². The van der Waals surface area contributed by atoms with Gasteiger partial charge in [-0.25, -0.2) is 4.79 Å². The van der Waals surface area contributed by atoms with E-state index in [1.54, 1.807) is 6.92 Å². The minimum absolute atomic E-state index is 0.0885. The Morgan fingerprint density at radius 2 is 1.86 bits per heavy atom. The number of likely N-dealkylation sites (N-methyl/N-ethyl adjacent to an activating group) is 1. The summed E-state index contributed by atoms with van der Waals surface area (Å²) in [5.74, 6) is -0.231. The Bertz CT molecular complexity index is 520. The molecule has 5 nitrogen and oxygen atoms in total. The minimum Gasteiger partial charge on any atom is -0.482 e. The number of rotatable bonds is 6. The number of nitrogens with one attached hydrogen (secondary N) is 1. The van der Waals surface area contributed by atoms with E-state index >= 15 is 0 Å². The minimum atomic E-state index is -0.825. The molecule has 1 N–H and O–H groups in total. The molecule has 5 heteroatoms. The molecule has 122 valence electrons. The monoisotopic (exact) mass is 307 g/mol. The summed E-state index contributed by atoms with van der Waals surface area (Å²) in [6, 6.07) is 7.58. The van der Waals surface area contributed by atoms with Crippen LogP contribution in [0.1, 0.15) is 40.2 Å². The molecule has 1 aromatic rings. The number of esters is 1. The van der Waals surface area contributed by atoms with Crippen molar-refractivity contribution in [3.8, 4) is 5.75 Å². The molecule has 0 aliphatic heterocycles. The largest absolute Gasteiger partial charge is 0.482 e. The van der Waals surface area contributed by atoms with Crippen molar-refractivity contribution in [1.82, 2.24) is 5.32 Å². The van der Waals surface area contributed by atoms with Crippen LogP contribution in [0.2, 0.25) is 0 Å². The summed E-state index contributed by atoms with van der Waals surface area (Å²) in [6.45, 7) is 9.83. The van der Waals surface area contributed by atoms with E-state index in [1.165, 1.54) is 6.92 Å². The Labute approximate surface area is 132 Å². The summed E-state index contributed by atoms with van der Waals surface area (Å²) in [5, 5.41) is 2.60. The van der Waals surface area contributed by atoms with E-state index in [2.05, 4.69) is 26.1 Å². The number of para-hydroxylation sites is 1. The normalized spacial score (nSPS) is 12.4. The summed E-state index contributed by atoms with van der Waals surface area (Å²) < 4.78 is 10.6. The maximum atomic E-state index is 11.8. The van der Waals surface area contributed by atoms with Crippen LogP contribution in [0.15, 0.2) is 24.3 Å². The Balaban J connectivity index is 2.60. The fourth-order valence-corrected chi connectivity index (χ4v) is 1.95. The molecule has 0 aromatic heterocycles. The predicted molar refractivity (Wildman–Crippen MR) is 84.9 cm³/mol. The van der Waals surface area contributed by atoms with Gasteiger partial charge in [0.2, 0.25) is 0 Å². The fourth-order valence-electron chi connectivity index (χ4n) is 1.95. The highest BCUT2D eigenvalue weighted by Gasteiger charge is 2.20. The Morgan fingerprint density at radius 3 is 2.45 bits per heavy atom. The molecule has 0 aliphatic carbocycles. The maximum Gasteiger partial charge on any atom is 0.344 e. The number of amides is 1. The first kappa shape index (κ1) is 18.0. The summed E-state index contributed by atoms with van der Waals surface area (Å²) in [5.41, 5.74) is 0.925. The van der Waals surface area contributed by atoms with Crippen LogP contribution in [-0.2, 0) is 19.7 Å². The molecule has 0 aliphatic rings. The van der Waals surface area contributed by atoms with Crippen molar-refractivity contribution >= 4 is 11.9 Å². The summed E-state index contributed by atoms with van der Waals surface area (Å²) >= 11 is 0. The number of hydrogen-bond donors (Lipinski definition) is 1. The van der Waals surface area contributed by atoms with E-state index in [4.69, 9.17) is 9.47 Å². The molecule has 0 spiro atoms. The molecule has 0 heterocycles. The molecule has 1 atom stereocenters. The summed E-state index contributed by atoms with van der Waals surface area (Å²) in [4.78, 5) is 23.3. The second-order valence-corrected chi connectivity index (χ2v) is 6.06. The van der Waals surface area contributed by atoms with Gasteiger partial charge < -0.3 is 14.8 Å². The van der Waals surface area contributed by atoms with Crippen molar-refractivity contribution < 1.29 is 19.1 Å². The van der Waals surface area contributed by atoms with Crippen LogP contribution in [-0.4, -0.2) is 31.1 Å². The van der Waals surface area contributed by atoms with E-state index in [-0.39, 0.29) is 17.9 Å². The fraction of sp³-hybridized carbons (Fsp3) is 0.529. The lowest BCUT2D eigenvalue weighted by Gasteiger charge is -2.22. The topological polar surface area (TPSA) is 64.6 Å². The highest BCUT2D eigenvalue weighted by Crippen LogP contribution is 2.30. The van der Waals surface area contributed by atoms with Gasteiger partial charge in [0.15, 0.2) is 12.7 Å². The highest BCUT2D eigenvalue weighted by molar-refractivity contribution is 5.83. The third-order valence-electron chi connectivity index (χ3n) is 3.07. The number of hydrogen-bond acceptors (Lipinski definition) is 4. The van der Waals surface area contributed by atoms with Gasteiger partial charge in [0, 0.05) is 6.54 Å². The van der Waals surface area contributed by atoms with Crippen molar-refractivity contribution in [2.45, 2.75) is 46.1 Å². The van der Waals surface area contributed by atoms with Gasteiger partial charge in [0.05, 0.1) is 0 Å². The zero-order valence-electron chi connectivity index (χ0n) is 13.9. The molecule has 0 saturated heterocycles. The zero-order valence-corrected chi connectivity index (χ0v) is 13.9. The Morgan fingerprint density at radius 1 is 1.23 bits per heavy atom. The lowest BCUT2D eigenvalue weighted by atomic mass is 9.86. The molecule has 0 radical (unpaired) electrons. The lowest BCUT2D eigenvalue weighted by molar-refractivity contribution is -0.156. The third-order valence-corrected chi connectivity index (χ3v) is 3.07. The molecule has 1 amide bonds. The van der Waals surface area contributed by atoms with Crippen molar-refractivity contribution in [2.75, 3.05) is 13.2 Å². The van der Waals surface area contributed by atoms with Crippen LogP contribution in [0.4, 0.5) is 0 Å². The van der Waals surface area contributed by atoms with Crippen molar-refractivity contribution in [2.24, 2.45) is 0 Å². The highest BCUT2D eigenvalue weighted by atomic mass is 16.6. The summed E-state index contributed by atoms with van der Waals surface area (Å²) in [6.07, 6.45) is -0.825. The van der Waals surface area contributed by atoms with Gasteiger partial charge in [-0.05, 0) is 30.9 Å². The predicted octanol–water partition coefficient (Wildman–Crippen LogP) is 2.43. The van der Waals surface area contributed by atoms with Crippen LogP contribution in [0.3, 0.4) is 0 Å². The zero-order chi connectivity index (χ0) is 16.8. The average Bonchev–Trinajstić information content (AvgIpc) is 2.44. The standard InChI is InChI=1S/C17H25NO4/c1-6-18-16(20)12(2)22-15(19)11-21-14-10-8-7-9-13(14)17(3,4)5/h7-10,12H,6,11H2,1-5H3,(H,18,20)/t12-/m1/s1. The third kappa shape index (κ3) is 5.39. The average molecular weight is 307 g/mol. The van der Waals surface area contributed by atoms with Crippen LogP contribution in [0, 0.1) is 0 Å². The van der Waals surface area contributed by atoms with Crippen LogP contribution >= 0.6 is 0 Å². The molecule has 0 saturated carbocycles. The van der Waals surface area contributed by atoms with Crippen molar-refractivity contribution in [1.29, 1.82) is 0 Å². The van der Waals surface area contributed by atoms with E-state index in [0.717, 1.165) is 5.56 Å². The molecule has 0 bridgehead atoms. The Hall–Kier alpha value is -2.04. The molecular weight excluding hydrogens is 282 g/mol. The van der Waals surface area contributed by atoms with Crippen LogP contribution in [0.25, 0.3) is 0 Å². The van der Waals surface area contributed by atoms with Gasteiger partial charge in [0.25, 0.3) is 5.91 Å². The van der Waals surface area contributed by atoms with Gasteiger partial charge in [-0.2, -0.15) is 0 Å². The number of carbonyl (C=O) groups excluding carboxylic acids is 2. The number of benzene rings is 1. The second-order valence-electron chi connectivity index (χ2n) is 6.06. The SMILES string of the molecule is CCNC(=O)[C@@H](C)OC(=O)COc1ccccc1C(C)(C)C. The van der Waals surface area contributed by atoms with Crippen LogP contribution in [0.5, 0.6) is 5.75 Å². The molecule has 1 aromatic carbocycles. The van der Waals surface area contributed by atoms with Gasteiger partial charge in [-0.3, -0.25) is 4.79 Å². The first-order valence-corrected chi connectivity index (χ1v) is 7.45. The second kappa shape index (κ2) is 7.82. The first-order valence-electron chi connectivity index (χ1n) is 7.45. The summed E-state index contributed by atoms with van der Waals surface area (Å²) in [7, 11) is 0. The van der Waals surface area contributed by atoms with Crippen molar-refractivity contribution in [3.05, 3.63) is 29.8 Å². The number of ether oxygens (including phenoxy) is 2. The molecular formula is C17H25NO4. The lowest BCUT2D eigenvalue weighted by Crippen LogP contribution is -2.36. The maximum absolute atomic E-state index is 11.8. The van der Waals surface area contributed by atoms with E-state index < -0.39 is 12.1 Å². The molecule has 22 heavy (non-hydrogen) atoms. The number of carbonyl (C=O) groups is 2.